The molecule has 0 aliphatic carbocycles. The zero-order chi connectivity index (χ0) is 12.4. The van der Waals surface area contributed by atoms with Crippen LogP contribution in [0.25, 0.3) is 10.2 Å². The second-order valence-electron chi connectivity index (χ2n) is 3.83. The predicted octanol–water partition coefficient (Wildman–Crippen LogP) is 4.01. The fraction of sp³-hybridized carbons (Fsp3) is 0.0714. The van der Waals surface area contributed by atoms with Gasteiger partial charge < -0.3 is 4.74 Å². The molecular formula is C14H10FNOS. The normalized spacial score (nSPS) is 10.7. The summed E-state index contributed by atoms with van der Waals surface area (Å²) in [6, 6.07) is 14.4. The Bertz CT molecular complexity index is 647. The number of benzene rings is 2. The maximum Gasteiger partial charge on any atom is 0.274 e. The smallest absolute Gasteiger partial charge is 0.274 e. The summed E-state index contributed by atoms with van der Waals surface area (Å²) in [6.07, 6.45) is 0. The van der Waals surface area contributed by atoms with E-state index in [2.05, 4.69) is 4.98 Å². The van der Waals surface area contributed by atoms with Crippen LogP contribution in [0.2, 0.25) is 0 Å². The Hall–Kier alpha value is -1.94. The largest absolute Gasteiger partial charge is 0.465 e. The van der Waals surface area contributed by atoms with Gasteiger partial charge in [-0.1, -0.05) is 41.7 Å². The number of nitrogens with zero attached hydrogens (tertiary/aromatic N) is 1. The van der Waals surface area contributed by atoms with Crippen molar-refractivity contribution in [3.05, 3.63) is 59.9 Å². The van der Waals surface area contributed by atoms with Crippen LogP contribution < -0.4 is 4.74 Å². The minimum Gasteiger partial charge on any atom is -0.465 e. The SMILES string of the molecule is Fc1ccccc1COc1nc2ccccc2s1. The molecule has 0 amide bonds. The van der Waals surface area contributed by atoms with Crippen LogP contribution in [0, 0.1) is 5.82 Å². The van der Waals surface area contributed by atoms with Gasteiger partial charge in [0.2, 0.25) is 0 Å². The summed E-state index contributed by atoms with van der Waals surface area (Å²) in [4.78, 5) is 4.33. The van der Waals surface area contributed by atoms with Gasteiger partial charge in [0.25, 0.3) is 5.19 Å². The van der Waals surface area contributed by atoms with Crippen LogP contribution in [0.15, 0.2) is 48.5 Å². The van der Waals surface area contributed by atoms with Gasteiger partial charge in [0.1, 0.15) is 12.4 Å². The summed E-state index contributed by atoms with van der Waals surface area (Å²) >= 11 is 1.47. The van der Waals surface area contributed by atoms with E-state index in [9.17, 15) is 4.39 Å². The summed E-state index contributed by atoms with van der Waals surface area (Å²) in [5.41, 5.74) is 1.45. The summed E-state index contributed by atoms with van der Waals surface area (Å²) in [7, 11) is 0. The van der Waals surface area contributed by atoms with Crippen molar-refractivity contribution in [3.63, 3.8) is 0 Å². The molecule has 2 nitrogen and oxygen atoms in total. The molecule has 2 aromatic carbocycles. The molecule has 0 unspecified atom stereocenters. The number of thiazole rings is 1. The molecule has 0 radical (unpaired) electrons. The molecule has 0 atom stereocenters. The van der Waals surface area contributed by atoms with Gasteiger partial charge >= 0.3 is 0 Å². The molecule has 0 fully saturated rings. The Balaban J connectivity index is 1.79. The molecule has 18 heavy (non-hydrogen) atoms. The van der Waals surface area contributed by atoms with Gasteiger partial charge in [0.05, 0.1) is 10.2 Å². The number of ether oxygens (including phenoxy) is 1. The predicted molar refractivity (Wildman–Crippen MR) is 70.4 cm³/mol. The zero-order valence-electron chi connectivity index (χ0n) is 9.47. The standard InChI is InChI=1S/C14H10FNOS/c15-11-6-2-1-5-10(11)9-17-14-16-12-7-3-4-8-13(12)18-14/h1-8H,9H2. The third-order valence-electron chi connectivity index (χ3n) is 2.58. The van der Waals surface area contributed by atoms with E-state index in [1.807, 2.05) is 24.3 Å². The Labute approximate surface area is 108 Å². The van der Waals surface area contributed by atoms with Crippen LogP contribution in [-0.4, -0.2) is 4.98 Å². The van der Waals surface area contributed by atoms with E-state index >= 15 is 0 Å². The summed E-state index contributed by atoms with van der Waals surface area (Å²) < 4.78 is 20.0. The molecule has 3 rings (SSSR count). The fourth-order valence-corrected chi connectivity index (χ4v) is 2.48. The van der Waals surface area contributed by atoms with Gasteiger partial charge in [0, 0.05) is 5.56 Å². The highest BCUT2D eigenvalue weighted by atomic mass is 32.1. The minimum atomic E-state index is -0.251. The quantitative estimate of drug-likeness (QED) is 0.709. The molecular weight excluding hydrogens is 249 g/mol. The molecule has 3 aromatic rings. The van der Waals surface area contributed by atoms with E-state index in [0.717, 1.165) is 10.2 Å². The Morgan fingerprint density at radius 2 is 1.83 bits per heavy atom. The number of para-hydroxylation sites is 1. The van der Waals surface area contributed by atoms with Crippen LogP contribution in [0.5, 0.6) is 5.19 Å². The number of rotatable bonds is 3. The number of aromatic nitrogens is 1. The van der Waals surface area contributed by atoms with Gasteiger partial charge in [-0.2, -0.15) is 0 Å². The molecule has 90 valence electrons. The molecule has 0 spiro atoms. The number of hydrogen-bond donors (Lipinski definition) is 0. The highest BCUT2D eigenvalue weighted by molar-refractivity contribution is 7.20. The molecule has 4 heteroatoms. The lowest BCUT2D eigenvalue weighted by atomic mass is 10.2. The monoisotopic (exact) mass is 259 g/mol. The average molecular weight is 259 g/mol. The van der Waals surface area contributed by atoms with Crippen molar-refractivity contribution < 1.29 is 9.13 Å². The molecule has 0 N–H and O–H groups in total. The van der Waals surface area contributed by atoms with E-state index in [1.165, 1.54) is 17.4 Å². The van der Waals surface area contributed by atoms with Crippen LogP contribution in [0.3, 0.4) is 0 Å². The summed E-state index contributed by atoms with van der Waals surface area (Å²) in [5.74, 6) is -0.251. The maximum atomic E-state index is 13.4. The fourth-order valence-electron chi connectivity index (χ4n) is 1.67. The van der Waals surface area contributed by atoms with Crippen LogP contribution >= 0.6 is 11.3 Å². The molecule has 1 heterocycles. The first-order valence-electron chi connectivity index (χ1n) is 5.55. The van der Waals surface area contributed by atoms with Crippen molar-refractivity contribution in [2.75, 3.05) is 0 Å². The summed E-state index contributed by atoms with van der Waals surface area (Å²) in [6.45, 7) is 0.201. The van der Waals surface area contributed by atoms with Crippen molar-refractivity contribution >= 4 is 21.6 Å². The third-order valence-corrected chi connectivity index (χ3v) is 3.53. The van der Waals surface area contributed by atoms with Gasteiger partial charge in [-0.15, -0.1) is 0 Å². The minimum absolute atomic E-state index is 0.201. The van der Waals surface area contributed by atoms with Gasteiger partial charge in [-0.3, -0.25) is 0 Å². The lowest BCUT2D eigenvalue weighted by molar-refractivity contribution is 0.299. The molecule has 0 saturated carbocycles. The van der Waals surface area contributed by atoms with Crippen LogP contribution in [0.1, 0.15) is 5.56 Å². The van der Waals surface area contributed by atoms with E-state index in [-0.39, 0.29) is 12.4 Å². The molecule has 0 aliphatic heterocycles. The topological polar surface area (TPSA) is 22.1 Å². The van der Waals surface area contributed by atoms with E-state index in [0.29, 0.717) is 10.8 Å². The average Bonchev–Trinajstić information content (AvgIpc) is 2.80. The molecule has 1 aromatic heterocycles. The lowest BCUT2D eigenvalue weighted by Gasteiger charge is -2.02. The third kappa shape index (κ3) is 2.19. The first-order chi connectivity index (χ1) is 8.83. The van der Waals surface area contributed by atoms with Crippen molar-refractivity contribution in [2.24, 2.45) is 0 Å². The number of hydrogen-bond acceptors (Lipinski definition) is 3. The van der Waals surface area contributed by atoms with Gasteiger partial charge in [-0.25, -0.2) is 9.37 Å². The molecule has 0 aliphatic rings. The summed E-state index contributed by atoms with van der Waals surface area (Å²) in [5, 5.41) is 0.569. The molecule has 0 saturated heterocycles. The lowest BCUT2D eigenvalue weighted by Crippen LogP contribution is -1.97. The van der Waals surface area contributed by atoms with E-state index < -0.39 is 0 Å². The van der Waals surface area contributed by atoms with Gasteiger partial charge in [0.15, 0.2) is 0 Å². The molecule has 0 bridgehead atoms. The first kappa shape index (κ1) is 11.2. The Kier molecular flexibility index (Phi) is 2.94. The van der Waals surface area contributed by atoms with Crippen LogP contribution in [0.4, 0.5) is 4.39 Å². The van der Waals surface area contributed by atoms with E-state index in [1.54, 1.807) is 18.2 Å². The van der Waals surface area contributed by atoms with Crippen molar-refractivity contribution in [2.45, 2.75) is 6.61 Å². The Morgan fingerprint density at radius 1 is 1.06 bits per heavy atom. The number of fused-ring (bicyclic) bond motifs is 1. The van der Waals surface area contributed by atoms with E-state index in [4.69, 9.17) is 4.74 Å². The Morgan fingerprint density at radius 3 is 2.67 bits per heavy atom. The number of halogens is 1. The van der Waals surface area contributed by atoms with Crippen molar-refractivity contribution in [1.82, 2.24) is 4.98 Å². The first-order valence-corrected chi connectivity index (χ1v) is 6.36. The van der Waals surface area contributed by atoms with Gasteiger partial charge in [-0.05, 0) is 18.2 Å². The van der Waals surface area contributed by atoms with Crippen molar-refractivity contribution in [3.8, 4) is 5.19 Å². The second kappa shape index (κ2) is 4.74. The maximum absolute atomic E-state index is 13.4. The second-order valence-corrected chi connectivity index (χ2v) is 4.82. The van der Waals surface area contributed by atoms with Crippen LogP contribution in [-0.2, 0) is 6.61 Å². The highest BCUT2D eigenvalue weighted by Crippen LogP contribution is 2.27. The van der Waals surface area contributed by atoms with Crippen molar-refractivity contribution in [1.29, 1.82) is 0 Å². The highest BCUT2D eigenvalue weighted by Gasteiger charge is 2.06. The zero-order valence-corrected chi connectivity index (χ0v) is 10.3.